The number of thiazole rings is 1. The smallest absolute Gasteiger partial charge is 0.191 e. The Morgan fingerprint density at radius 3 is 2.56 bits per heavy atom. The van der Waals surface area contributed by atoms with E-state index in [4.69, 9.17) is 0 Å². The number of guanidine groups is 1. The highest BCUT2D eigenvalue weighted by molar-refractivity contribution is 14.0. The Hall–Kier alpha value is -0.410. The van der Waals surface area contributed by atoms with Gasteiger partial charge in [-0.3, -0.25) is 4.99 Å². The second-order valence-electron chi connectivity index (χ2n) is 6.83. The van der Waals surface area contributed by atoms with Gasteiger partial charge in [0.25, 0.3) is 0 Å². The SMILES string of the molecule is CN=C(NCCCCN1CCC(C)CC1)NCc1nc(C)c(C)s1.I. The van der Waals surface area contributed by atoms with Gasteiger partial charge in [-0.25, -0.2) is 4.98 Å². The summed E-state index contributed by atoms with van der Waals surface area (Å²) in [7, 11) is 1.82. The number of rotatable bonds is 7. The van der Waals surface area contributed by atoms with E-state index in [0.717, 1.165) is 35.7 Å². The van der Waals surface area contributed by atoms with Gasteiger partial charge in [0.1, 0.15) is 5.01 Å². The summed E-state index contributed by atoms with van der Waals surface area (Å²) in [6.45, 7) is 12.1. The number of hydrogen-bond donors (Lipinski definition) is 2. The first-order valence-electron chi connectivity index (χ1n) is 9.18. The van der Waals surface area contributed by atoms with E-state index in [2.05, 4.69) is 46.3 Å². The average molecular weight is 479 g/mol. The molecule has 0 spiro atoms. The van der Waals surface area contributed by atoms with E-state index in [0.29, 0.717) is 0 Å². The van der Waals surface area contributed by atoms with Crippen LogP contribution in [0, 0.1) is 19.8 Å². The van der Waals surface area contributed by atoms with Gasteiger partial charge in [0.15, 0.2) is 5.96 Å². The second kappa shape index (κ2) is 12.1. The fourth-order valence-electron chi connectivity index (χ4n) is 2.95. The molecule has 2 N–H and O–H groups in total. The molecule has 0 aliphatic carbocycles. The van der Waals surface area contributed by atoms with Crippen molar-refractivity contribution in [2.45, 2.75) is 53.0 Å². The average Bonchev–Trinajstić information content (AvgIpc) is 2.90. The summed E-state index contributed by atoms with van der Waals surface area (Å²) in [4.78, 5) is 12.7. The van der Waals surface area contributed by atoms with Gasteiger partial charge in [-0.1, -0.05) is 6.92 Å². The third kappa shape index (κ3) is 8.21. The summed E-state index contributed by atoms with van der Waals surface area (Å²) in [5, 5.41) is 7.87. The highest BCUT2D eigenvalue weighted by Gasteiger charge is 2.14. The van der Waals surface area contributed by atoms with Crippen molar-refractivity contribution < 1.29 is 0 Å². The van der Waals surface area contributed by atoms with E-state index in [1.807, 2.05) is 7.05 Å². The van der Waals surface area contributed by atoms with Crippen LogP contribution >= 0.6 is 35.3 Å². The van der Waals surface area contributed by atoms with Crippen molar-refractivity contribution in [1.82, 2.24) is 20.5 Å². The minimum absolute atomic E-state index is 0. The number of aliphatic imine (C=N–C) groups is 1. The molecule has 5 nitrogen and oxygen atoms in total. The fourth-order valence-corrected chi connectivity index (χ4v) is 3.82. The third-order valence-corrected chi connectivity index (χ3v) is 5.85. The Labute approximate surface area is 174 Å². The van der Waals surface area contributed by atoms with Gasteiger partial charge in [0.05, 0.1) is 12.2 Å². The van der Waals surface area contributed by atoms with Gasteiger partial charge in [-0.2, -0.15) is 0 Å². The Morgan fingerprint density at radius 1 is 1.24 bits per heavy atom. The number of aromatic nitrogens is 1. The first-order chi connectivity index (χ1) is 11.6. The van der Waals surface area contributed by atoms with Gasteiger partial charge in [-0.15, -0.1) is 35.3 Å². The van der Waals surface area contributed by atoms with Gasteiger partial charge < -0.3 is 15.5 Å². The maximum absolute atomic E-state index is 4.55. The van der Waals surface area contributed by atoms with Crippen LogP contribution < -0.4 is 10.6 Å². The maximum Gasteiger partial charge on any atom is 0.191 e. The molecule has 0 bridgehead atoms. The molecule has 0 radical (unpaired) electrons. The molecule has 1 saturated heterocycles. The molecule has 144 valence electrons. The minimum Gasteiger partial charge on any atom is -0.356 e. The molecule has 1 fully saturated rings. The standard InChI is InChI=1S/C18H33N5S.HI/c1-14-7-11-23(12-8-14)10-6-5-9-20-18(19-4)21-13-17-22-15(2)16(3)24-17;/h14H,5-13H2,1-4H3,(H2,19,20,21);1H. The van der Waals surface area contributed by atoms with Crippen LogP contribution in [0.4, 0.5) is 0 Å². The lowest BCUT2D eigenvalue weighted by Gasteiger charge is -2.30. The number of halogens is 1. The van der Waals surface area contributed by atoms with Crippen LogP contribution in [0.15, 0.2) is 4.99 Å². The first-order valence-corrected chi connectivity index (χ1v) is 10.00. The fraction of sp³-hybridized carbons (Fsp3) is 0.778. The zero-order valence-electron chi connectivity index (χ0n) is 16.1. The number of aryl methyl sites for hydroxylation is 2. The molecule has 0 amide bonds. The number of hydrogen-bond acceptors (Lipinski definition) is 4. The molecule has 2 heterocycles. The Balaban J connectivity index is 0.00000312. The van der Waals surface area contributed by atoms with E-state index >= 15 is 0 Å². The lowest BCUT2D eigenvalue weighted by Crippen LogP contribution is -2.38. The zero-order chi connectivity index (χ0) is 17.4. The number of nitrogens with one attached hydrogen (secondary N) is 2. The van der Waals surface area contributed by atoms with Crippen LogP contribution in [0.25, 0.3) is 0 Å². The van der Waals surface area contributed by atoms with E-state index in [-0.39, 0.29) is 24.0 Å². The normalized spacial score (nSPS) is 16.6. The highest BCUT2D eigenvalue weighted by atomic mass is 127. The van der Waals surface area contributed by atoms with E-state index in [1.54, 1.807) is 11.3 Å². The summed E-state index contributed by atoms with van der Waals surface area (Å²) in [6, 6.07) is 0. The molecule has 1 aliphatic rings. The summed E-state index contributed by atoms with van der Waals surface area (Å²) in [5.74, 6) is 1.79. The van der Waals surface area contributed by atoms with E-state index < -0.39 is 0 Å². The lowest BCUT2D eigenvalue weighted by molar-refractivity contribution is 0.189. The second-order valence-corrected chi connectivity index (χ2v) is 8.12. The monoisotopic (exact) mass is 479 g/mol. The van der Waals surface area contributed by atoms with Crippen molar-refractivity contribution in [2.75, 3.05) is 33.2 Å². The number of nitrogens with zero attached hydrogens (tertiary/aromatic N) is 3. The minimum atomic E-state index is 0. The Kier molecular flexibility index (Phi) is 10.9. The van der Waals surface area contributed by atoms with Crippen molar-refractivity contribution in [3.63, 3.8) is 0 Å². The van der Waals surface area contributed by atoms with Crippen molar-refractivity contribution in [3.8, 4) is 0 Å². The van der Waals surface area contributed by atoms with Crippen LogP contribution in [-0.4, -0.2) is 49.1 Å². The van der Waals surface area contributed by atoms with E-state index in [1.165, 1.54) is 50.2 Å². The van der Waals surface area contributed by atoms with Crippen molar-refractivity contribution in [3.05, 3.63) is 15.6 Å². The zero-order valence-corrected chi connectivity index (χ0v) is 19.2. The van der Waals surface area contributed by atoms with Crippen molar-refractivity contribution >= 4 is 41.3 Å². The molecule has 0 unspecified atom stereocenters. The van der Waals surface area contributed by atoms with Crippen molar-refractivity contribution in [1.29, 1.82) is 0 Å². The van der Waals surface area contributed by atoms with Crippen LogP contribution in [-0.2, 0) is 6.54 Å². The van der Waals surface area contributed by atoms with Gasteiger partial charge >= 0.3 is 0 Å². The molecule has 1 aliphatic heterocycles. The van der Waals surface area contributed by atoms with Gasteiger partial charge in [0.2, 0.25) is 0 Å². The van der Waals surface area contributed by atoms with E-state index in [9.17, 15) is 0 Å². The predicted octanol–water partition coefficient (Wildman–Crippen LogP) is 3.56. The highest BCUT2D eigenvalue weighted by Crippen LogP contribution is 2.16. The third-order valence-electron chi connectivity index (χ3n) is 4.77. The largest absolute Gasteiger partial charge is 0.356 e. The molecule has 1 aromatic heterocycles. The molecule has 7 heteroatoms. The molecule has 0 aromatic carbocycles. The summed E-state index contributed by atoms with van der Waals surface area (Å²) >= 11 is 1.75. The maximum atomic E-state index is 4.55. The summed E-state index contributed by atoms with van der Waals surface area (Å²) < 4.78 is 0. The Morgan fingerprint density at radius 2 is 1.96 bits per heavy atom. The van der Waals surface area contributed by atoms with Crippen LogP contribution in [0.2, 0.25) is 0 Å². The lowest BCUT2D eigenvalue weighted by atomic mass is 9.99. The topological polar surface area (TPSA) is 52.6 Å². The summed E-state index contributed by atoms with van der Waals surface area (Å²) in [6.07, 6.45) is 5.17. The van der Waals surface area contributed by atoms with Gasteiger partial charge in [-0.05, 0) is 65.1 Å². The summed E-state index contributed by atoms with van der Waals surface area (Å²) in [5.41, 5.74) is 1.13. The van der Waals surface area contributed by atoms with Crippen molar-refractivity contribution in [2.24, 2.45) is 10.9 Å². The van der Waals surface area contributed by atoms with Crippen LogP contribution in [0.3, 0.4) is 0 Å². The first kappa shape index (κ1) is 22.6. The molecule has 0 saturated carbocycles. The van der Waals surface area contributed by atoms with Crippen LogP contribution in [0.1, 0.15) is 48.2 Å². The number of unbranched alkanes of at least 4 members (excludes halogenated alkanes) is 1. The Bertz CT molecular complexity index is 504. The molecular formula is C18H34IN5S. The molecule has 1 aromatic rings. The number of likely N-dealkylation sites (tertiary alicyclic amines) is 1. The number of piperidine rings is 1. The molecule has 25 heavy (non-hydrogen) atoms. The molecular weight excluding hydrogens is 445 g/mol. The van der Waals surface area contributed by atoms with Crippen LogP contribution in [0.5, 0.6) is 0 Å². The molecule has 2 rings (SSSR count). The molecule has 0 atom stereocenters. The van der Waals surface area contributed by atoms with Gasteiger partial charge in [0, 0.05) is 18.5 Å². The quantitative estimate of drug-likeness (QED) is 0.272. The predicted molar refractivity (Wildman–Crippen MR) is 119 cm³/mol.